The largest absolute Gasteiger partial charge is 0.330 e. The molecule has 0 aromatic heterocycles. The molecule has 0 aromatic rings. The maximum atomic E-state index is 12.2. The van der Waals surface area contributed by atoms with Crippen LogP contribution in [0.4, 0.5) is 0 Å². The van der Waals surface area contributed by atoms with E-state index in [9.17, 15) is 13.2 Å². The van der Waals surface area contributed by atoms with Gasteiger partial charge in [0.05, 0.1) is 10.5 Å². The smallest absolute Gasteiger partial charge is 0.155 e. The van der Waals surface area contributed by atoms with Crippen LogP contribution in [-0.2, 0) is 14.6 Å². The lowest BCUT2D eigenvalue weighted by atomic mass is 9.76. The highest BCUT2D eigenvalue weighted by Crippen LogP contribution is 2.31. The van der Waals surface area contributed by atoms with Crippen molar-refractivity contribution in [1.29, 1.82) is 0 Å². The first-order valence-electron chi connectivity index (χ1n) is 7.14. The van der Waals surface area contributed by atoms with Crippen LogP contribution in [0.1, 0.15) is 52.9 Å². The Bertz CT molecular complexity index is 409. The lowest BCUT2D eigenvalue weighted by Crippen LogP contribution is -2.35. The van der Waals surface area contributed by atoms with E-state index < -0.39 is 14.6 Å². The fraction of sp³-hybridized carbons (Fsp3) is 0.929. The standard InChI is InChI=1S/C14H27NO3S/c1-14(2,3)19(17,18)9-8-13(16)12-7-5-4-6-11(12)10-15/h11-12H,4-10,15H2,1-3H3. The number of sulfone groups is 1. The molecule has 112 valence electrons. The molecule has 0 aliphatic heterocycles. The van der Waals surface area contributed by atoms with E-state index in [4.69, 9.17) is 5.73 Å². The number of nitrogens with two attached hydrogens (primary N) is 1. The number of ketones is 1. The molecule has 0 amide bonds. The van der Waals surface area contributed by atoms with Gasteiger partial charge in [-0.3, -0.25) is 4.79 Å². The molecule has 2 unspecified atom stereocenters. The van der Waals surface area contributed by atoms with E-state index >= 15 is 0 Å². The fourth-order valence-electron chi connectivity index (χ4n) is 2.64. The first-order chi connectivity index (χ1) is 8.69. The minimum Gasteiger partial charge on any atom is -0.330 e. The maximum Gasteiger partial charge on any atom is 0.155 e. The molecule has 0 radical (unpaired) electrons. The molecule has 0 aromatic carbocycles. The molecule has 4 nitrogen and oxygen atoms in total. The van der Waals surface area contributed by atoms with Crippen LogP contribution in [0, 0.1) is 11.8 Å². The van der Waals surface area contributed by atoms with E-state index in [1.165, 1.54) is 0 Å². The summed E-state index contributed by atoms with van der Waals surface area (Å²) in [4.78, 5) is 12.2. The highest BCUT2D eigenvalue weighted by molar-refractivity contribution is 7.92. The highest BCUT2D eigenvalue weighted by atomic mass is 32.2. The number of hydrogen-bond donors (Lipinski definition) is 1. The van der Waals surface area contributed by atoms with Gasteiger partial charge in [-0.15, -0.1) is 0 Å². The van der Waals surface area contributed by atoms with Crippen LogP contribution < -0.4 is 5.73 Å². The average Bonchev–Trinajstić information content (AvgIpc) is 2.34. The van der Waals surface area contributed by atoms with Crippen LogP contribution in [0.5, 0.6) is 0 Å². The van der Waals surface area contributed by atoms with Crippen LogP contribution in [0.2, 0.25) is 0 Å². The Morgan fingerprint density at radius 1 is 1.21 bits per heavy atom. The first-order valence-corrected chi connectivity index (χ1v) is 8.79. The minimum absolute atomic E-state index is 0.0195. The summed E-state index contributed by atoms with van der Waals surface area (Å²) in [6.07, 6.45) is 4.20. The lowest BCUT2D eigenvalue weighted by Gasteiger charge is -2.29. The van der Waals surface area contributed by atoms with E-state index in [-0.39, 0.29) is 29.8 Å². The number of carbonyl (C=O) groups excluding carboxylic acids is 1. The van der Waals surface area contributed by atoms with Crippen LogP contribution in [0.25, 0.3) is 0 Å². The molecule has 5 heteroatoms. The molecule has 0 bridgehead atoms. The number of hydrogen-bond acceptors (Lipinski definition) is 4. The van der Waals surface area contributed by atoms with Crippen LogP contribution in [0.15, 0.2) is 0 Å². The Balaban J connectivity index is 2.60. The third-order valence-corrected chi connectivity index (χ3v) is 6.78. The molecule has 0 spiro atoms. The van der Waals surface area contributed by atoms with Crippen molar-refractivity contribution in [3.05, 3.63) is 0 Å². The Labute approximate surface area is 117 Å². The predicted molar refractivity (Wildman–Crippen MR) is 77.7 cm³/mol. The van der Waals surface area contributed by atoms with Crippen molar-refractivity contribution in [3.8, 4) is 0 Å². The second-order valence-corrected chi connectivity index (χ2v) is 9.40. The summed E-state index contributed by atoms with van der Waals surface area (Å²) < 4.78 is 23.2. The summed E-state index contributed by atoms with van der Waals surface area (Å²) in [7, 11) is -3.21. The quantitative estimate of drug-likeness (QED) is 0.839. The van der Waals surface area contributed by atoms with Gasteiger partial charge in [0.15, 0.2) is 9.84 Å². The Kier molecular flexibility index (Phi) is 5.56. The Hall–Kier alpha value is -0.420. The SMILES string of the molecule is CC(C)(C)S(=O)(=O)CCC(=O)C1CCCCC1CN. The molecule has 0 saturated heterocycles. The second kappa shape index (κ2) is 6.35. The molecule has 1 fully saturated rings. The van der Waals surface area contributed by atoms with E-state index in [1.807, 2.05) is 0 Å². The molecule has 2 atom stereocenters. The normalized spacial score (nSPS) is 25.3. The summed E-state index contributed by atoms with van der Waals surface area (Å²) in [5.74, 6) is 0.277. The molecule has 1 aliphatic rings. The van der Waals surface area contributed by atoms with E-state index in [2.05, 4.69) is 0 Å². The summed E-state index contributed by atoms with van der Waals surface area (Å²) in [6, 6.07) is 0. The first kappa shape index (κ1) is 16.6. The minimum atomic E-state index is -3.21. The third-order valence-electron chi connectivity index (χ3n) is 4.18. The van der Waals surface area contributed by atoms with Gasteiger partial charge in [-0.05, 0) is 46.1 Å². The molecule has 1 saturated carbocycles. The zero-order valence-electron chi connectivity index (χ0n) is 12.3. The van der Waals surface area contributed by atoms with Crippen molar-refractivity contribution < 1.29 is 13.2 Å². The predicted octanol–water partition coefficient (Wildman–Crippen LogP) is 1.92. The van der Waals surface area contributed by atoms with Crippen molar-refractivity contribution in [3.63, 3.8) is 0 Å². The topological polar surface area (TPSA) is 77.2 Å². The van der Waals surface area contributed by atoms with Gasteiger partial charge < -0.3 is 5.73 Å². The van der Waals surface area contributed by atoms with Crippen molar-refractivity contribution in [1.82, 2.24) is 0 Å². The van der Waals surface area contributed by atoms with Crippen molar-refractivity contribution in [2.24, 2.45) is 17.6 Å². The average molecular weight is 289 g/mol. The van der Waals surface area contributed by atoms with Gasteiger partial charge in [-0.1, -0.05) is 12.8 Å². The van der Waals surface area contributed by atoms with E-state index in [0.29, 0.717) is 6.54 Å². The number of Topliss-reactive ketones (excluding diaryl/α,β-unsaturated/α-hetero) is 1. The van der Waals surface area contributed by atoms with Gasteiger partial charge in [-0.25, -0.2) is 8.42 Å². The highest BCUT2D eigenvalue weighted by Gasteiger charge is 2.33. The van der Waals surface area contributed by atoms with Crippen LogP contribution in [0.3, 0.4) is 0 Å². The number of rotatable bonds is 5. The van der Waals surface area contributed by atoms with Gasteiger partial charge in [-0.2, -0.15) is 0 Å². The molecule has 19 heavy (non-hydrogen) atoms. The summed E-state index contributed by atoms with van der Waals surface area (Å²) in [5, 5.41) is 0. The third kappa shape index (κ3) is 4.28. The molecule has 1 rings (SSSR count). The zero-order valence-corrected chi connectivity index (χ0v) is 13.1. The number of carbonyl (C=O) groups is 1. The molecule has 2 N–H and O–H groups in total. The van der Waals surface area contributed by atoms with Gasteiger partial charge in [0.2, 0.25) is 0 Å². The van der Waals surface area contributed by atoms with Crippen LogP contribution >= 0.6 is 0 Å². The van der Waals surface area contributed by atoms with Gasteiger partial charge in [0.25, 0.3) is 0 Å². The molecule has 0 heterocycles. The van der Waals surface area contributed by atoms with Crippen LogP contribution in [-0.4, -0.2) is 31.2 Å². The van der Waals surface area contributed by atoms with Gasteiger partial charge >= 0.3 is 0 Å². The Morgan fingerprint density at radius 3 is 2.32 bits per heavy atom. The van der Waals surface area contributed by atoms with Crippen molar-refractivity contribution >= 4 is 15.6 Å². The molecular formula is C14H27NO3S. The monoisotopic (exact) mass is 289 g/mol. The van der Waals surface area contributed by atoms with Gasteiger partial charge in [0.1, 0.15) is 5.78 Å². The maximum absolute atomic E-state index is 12.2. The lowest BCUT2D eigenvalue weighted by molar-refractivity contribution is -0.125. The Morgan fingerprint density at radius 2 is 1.79 bits per heavy atom. The molecular weight excluding hydrogens is 262 g/mol. The second-order valence-electron chi connectivity index (χ2n) is 6.53. The summed E-state index contributed by atoms with van der Waals surface area (Å²) in [5.41, 5.74) is 5.71. The summed E-state index contributed by atoms with van der Waals surface area (Å²) in [6.45, 7) is 5.56. The fourth-order valence-corrected chi connectivity index (χ4v) is 3.72. The van der Waals surface area contributed by atoms with Crippen molar-refractivity contribution in [2.75, 3.05) is 12.3 Å². The molecule has 1 aliphatic carbocycles. The van der Waals surface area contributed by atoms with E-state index in [0.717, 1.165) is 25.7 Å². The van der Waals surface area contributed by atoms with Gasteiger partial charge in [0, 0.05) is 12.3 Å². The van der Waals surface area contributed by atoms with E-state index in [1.54, 1.807) is 20.8 Å². The van der Waals surface area contributed by atoms with Crippen molar-refractivity contribution in [2.45, 2.75) is 57.6 Å². The zero-order chi connectivity index (χ0) is 14.7. The summed E-state index contributed by atoms with van der Waals surface area (Å²) >= 11 is 0.